The van der Waals surface area contributed by atoms with Crippen molar-refractivity contribution in [1.29, 1.82) is 0 Å². The van der Waals surface area contributed by atoms with E-state index in [1.807, 2.05) is 18.2 Å². The van der Waals surface area contributed by atoms with Crippen molar-refractivity contribution in [2.24, 2.45) is 0 Å². The quantitative estimate of drug-likeness (QED) is 0.813. The van der Waals surface area contributed by atoms with Gasteiger partial charge in [-0.1, -0.05) is 12.1 Å². The minimum atomic E-state index is 0.108. The second-order valence-corrected chi connectivity index (χ2v) is 4.72. The Hall–Kier alpha value is -1.06. The Morgan fingerprint density at radius 3 is 2.94 bits per heavy atom. The number of likely N-dealkylation sites (N-methyl/N-ethyl adjacent to an activating group) is 1. The minimum Gasteiger partial charge on any atom is -0.392 e. The van der Waals surface area contributed by atoms with Crippen molar-refractivity contribution in [3.63, 3.8) is 0 Å². The molecule has 1 aromatic rings. The van der Waals surface area contributed by atoms with Crippen LogP contribution in [0.25, 0.3) is 0 Å². The highest BCUT2D eigenvalue weighted by Crippen LogP contribution is 2.20. The first-order valence-electron chi connectivity index (χ1n) is 5.85. The molecule has 0 bridgehead atoms. The summed E-state index contributed by atoms with van der Waals surface area (Å²) in [6, 6.07) is 9.17. The highest BCUT2D eigenvalue weighted by molar-refractivity contribution is 5.46. The number of hydrogen-bond acceptors (Lipinski definition) is 3. The smallest absolute Gasteiger partial charge is 0.0682 e. The minimum absolute atomic E-state index is 0.108. The SMILES string of the molecule is CC1CC(Nc2cccc(CO)c2)CN1C. The van der Waals surface area contributed by atoms with Crippen LogP contribution in [0.3, 0.4) is 0 Å². The van der Waals surface area contributed by atoms with Gasteiger partial charge >= 0.3 is 0 Å². The topological polar surface area (TPSA) is 35.5 Å². The van der Waals surface area contributed by atoms with Crippen LogP contribution in [0.1, 0.15) is 18.9 Å². The zero-order valence-corrected chi connectivity index (χ0v) is 9.98. The van der Waals surface area contributed by atoms with E-state index in [2.05, 4.69) is 30.3 Å². The fourth-order valence-corrected chi connectivity index (χ4v) is 2.29. The van der Waals surface area contributed by atoms with Gasteiger partial charge in [-0.25, -0.2) is 0 Å². The summed E-state index contributed by atoms with van der Waals surface area (Å²) in [6.07, 6.45) is 1.18. The van der Waals surface area contributed by atoms with Crippen LogP contribution in [0.4, 0.5) is 5.69 Å². The summed E-state index contributed by atoms with van der Waals surface area (Å²) in [4.78, 5) is 2.37. The lowest BCUT2D eigenvalue weighted by molar-refractivity contribution is 0.282. The number of benzene rings is 1. The molecule has 0 amide bonds. The van der Waals surface area contributed by atoms with Crippen molar-refractivity contribution in [2.75, 3.05) is 18.9 Å². The molecule has 3 heteroatoms. The molecule has 2 N–H and O–H groups in total. The molecule has 0 aromatic heterocycles. The second-order valence-electron chi connectivity index (χ2n) is 4.72. The number of nitrogens with one attached hydrogen (secondary N) is 1. The van der Waals surface area contributed by atoms with Crippen LogP contribution < -0.4 is 5.32 Å². The molecule has 1 saturated heterocycles. The summed E-state index contributed by atoms with van der Waals surface area (Å²) >= 11 is 0. The lowest BCUT2D eigenvalue weighted by Gasteiger charge is -2.14. The van der Waals surface area contributed by atoms with Crippen molar-refractivity contribution >= 4 is 5.69 Å². The van der Waals surface area contributed by atoms with E-state index in [0.29, 0.717) is 12.1 Å². The van der Waals surface area contributed by atoms with Gasteiger partial charge in [0, 0.05) is 24.3 Å². The molecule has 1 fully saturated rings. The van der Waals surface area contributed by atoms with Crippen LogP contribution in [-0.2, 0) is 6.61 Å². The number of nitrogens with zero attached hydrogens (tertiary/aromatic N) is 1. The van der Waals surface area contributed by atoms with Crippen LogP contribution in [0, 0.1) is 0 Å². The molecule has 2 unspecified atom stereocenters. The first kappa shape index (κ1) is 11.4. The number of anilines is 1. The number of hydrogen-bond donors (Lipinski definition) is 2. The molecule has 16 heavy (non-hydrogen) atoms. The molecule has 2 rings (SSSR count). The summed E-state index contributed by atoms with van der Waals surface area (Å²) in [7, 11) is 2.16. The third-order valence-corrected chi connectivity index (χ3v) is 3.37. The predicted octanol–water partition coefficient (Wildman–Crippen LogP) is 1.68. The van der Waals surface area contributed by atoms with E-state index in [9.17, 15) is 0 Å². The Kier molecular flexibility index (Phi) is 3.46. The third kappa shape index (κ3) is 2.54. The Bertz CT molecular complexity index is 344. The van der Waals surface area contributed by atoms with Crippen molar-refractivity contribution in [1.82, 2.24) is 4.90 Å². The average molecular weight is 220 g/mol. The summed E-state index contributed by atoms with van der Waals surface area (Å²) in [5.41, 5.74) is 2.07. The van der Waals surface area contributed by atoms with E-state index in [1.165, 1.54) is 6.42 Å². The molecular formula is C13H20N2O. The molecule has 0 radical (unpaired) electrons. The average Bonchev–Trinajstić information content (AvgIpc) is 2.58. The van der Waals surface area contributed by atoms with Gasteiger partial charge in [-0.05, 0) is 38.1 Å². The normalized spacial score (nSPS) is 25.9. The standard InChI is InChI=1S/C13H20N2O/c1-10-6-13(8-15(10)2)14-12-5-3-4-11(7-12)9-16/h3-5,7,10,13-14,16H,6,8-9H2,1-2H3. The maximum absolute atomic E-state index is 9.07. The Balaban J connectivity index is 1.99. The highest BCUT2D eigenvalue weighted by Gasteiger charge is 2.25. The van der Waals surface area contributed by atoms with Gasteiger partial charge in [-0.2, -0.15) is 0 Å². The van der Waals surface area contributed by atoms with E-state index in [4.69, 9.17) is 5.11 Å². The monoisotopic (exact) mass is 220 g/mol. The first-order valence-corrected chi connectivity index (χ1v) is 5.85. The molecule has 1 aliphatic heterocycles. The fraction of sp³-hybridized carbons (Fsp3) is 0.538. The molecule has 88 valence electrons. The van der Waals surface area contributed by atoms with Gasteiger partial charge in [0.2, 0.25) is 0 Å². The Labute approximate surface area is 97.1 Å². The summed E-state index contributed by atoms with van der Waals surface area (Å²) in [5, 5.41) is 12.6. The largest absolute Gasteiger partial charge is 0.392 e. The molecule has 1 aromatic carbocycles. The van der Waals surface area contributed by atoms with Gasteiger partial charge in [-0.3, -0.25) is 0 Å². The fourth-order valence-electron chi connectivity index (χ4n) is 2.29. The number of rotatable bonds is 3. The summed E-state index contributed by atoms with van der Waals surface area (Å²) in [6.45, 7) is 3.45. The number of likely N-dealkylation sites (tertiary alicyclic amines) is 1. The molecule has 1 heterocycles. The van der Waals surface area contributed by atoms with Crippen LogP contribution >= 0.6 is 0 Å². The van der Waals surface area contributed by atoms with Gasteiger partial charge in [0.15, 0.2) is 0 Å². The van der Waals surface area contributed by atoms with Crippen molar-refractivity contribution in [3.8, 4) is 0 Å². The van der Waals surface area contributed by atoms with Gasteiger partial charge in [0.1, 0.15) is 0 Å². The summed E-state index contributed by atoms with van der Waals surface area (Å²) < 4.78 is 0. The Morgan fingerprint density at radius 2 is 2.31 bits per heavy atom. The van der Waals surface area contributed by atoms with Crippen LogP contribution in [0.15, 0.2) is 24.3 Å². The predicted molar refractivity (Wildman–Crippen MR) is 66.5 cm³/mol. The Morgan fingerprint density at radius 1 is 1.50 bits per heavy atom. The molecule has 0 spiro atoms. The van der Waals surface area contributed by atoms with E-state index < -0.39 is 0 Å². The number of aliphatic hydroxyl groups excluding tert-OH is 1. The molecule has 3 nitrogen and oxygen atoms in total. The van der Waals surface area contributed by atoms with E-state index in [1.54, 1.807) is 0 Å². The summed E-state index contributed by atoms with van der Waals surface area (Å²) in [5.74, 6) is 0. The number of aliphatic hydroxyl groups is 1. The lowest BCUT2D eigenvalue weighted by atomic mass is 10.1. The maximum atomic E-state index is 9.07. The zero-order valence-electron chi connectivity index (χ0n) is 9.98. The molecule has 1 aliphatic rings. The third-order valence-electron chi connectivity index (χ3n) is 3.37. The van der Waals surface area contributed by atoms with Gasteiger partial charge in [-0.15, -0.1) is 0 Å². The molecule has 2 atom stereocenters. The molecule has 0 saturated carbocycles. The van der Waals surface area contributed by atoms with Crippen LogP contribution in [0.2, 0.25) is 0 Å². The van der Waals surface area contributed by atoms with Gasteiger partial charge < -0.3 is 15.3 Å². The second kappa shape index (κ2) is 4.85. The lowest BCUT2D eigenvalue weighted by Crippen LogP contribution is -2.24. The van der Waals surface area contributed by atoms with E-state index >= 15 is 0 Å². The van der Waals surface area contributed by atoms with E-state index in [0.717, 1.165) is 17.8 Å². The zero-order chi connectivity index (χ0) is 11.5. The first-order chi connectivity index (χ1) is 7.69. The van der Waals surface area contributed by atoms with Crippen LogP contribution in [-0.4, -0.2) is 35.7 Å². The van der Waals surface area contributed by atoms with Crippen molar-refractivity contribution in [2.45, 2.75) is 32.0 Å². The highest BCUT2D eigenvalue weighted by atomic mass is 16.3. The molecular weight excluding hydrogens is 200 g/mol. The van der Waals surface area contributed by atoms with Gasteiger partial charge in [0.25, 0.3) is 0 Å². The van der Waals surface area contributed by atoms with E-state index in [-0.39, 0.29) is 6.61 Å². The van der Waals surface area contributed by atoms with Crippen molar-refractivity contribution < 1.29 is 5.11 Å². The maximum Gasteiger partial charge on any atom is 0.0682 e. The van der Waals surface area contributed by atoms with Crippen molar-refractivity contribution in [3.05, 3.63) is 29.8 Å². The molecule has 0 aliphatic carbocycles. The van der Waals surface area contributed by atoms with Crippen LogP contribution in [0.5, 0.6) is 0 Å². The van der Waals surface area contributed by atoms with Gasteiger partial charge in [0.05, 0.1) is 6.61 Å².